The van der Waals surface area contributed by atoms with Gasteiger partial charge in [0.05, 0.1) is 18.8 Å². The normalized spacial score (nSPS) is 19.5. The molecule has 1 aromatic heterocycles. The Labute approximate surface area is 118 Å². The number of hydrogen-bond donors (Lipinski definition) is 1. The number of nitrogens with zero attached hydrogens (tertiary/aromatic N) is 1. The number of pyridine rings is 1. The number of halogens is 3. The fraction of sp³-hybridized carbons (Fsp3) is 0.643. The van der Waals surface area contributed by atoms with Gasteiger partial charge in [-0.2, -0.15) is 13.2 Å². The maximum absolute atomic E-state index is 12.2. The lowest BCUT2D eigenvalue weighted by Crippen LogP contribution is -2.29. The molecule has 3 nitrogen and oxygen atoms in total. The van der Waals surface area contributed by atoms with Gasteiger partial charge in [-0.15, -0.1) is 0 Å². The molecule has 0 saturated carbocycles. The highest BCUT2D eigenvalue weighted by molar-refractivity contribution is 5.27. The summed E-state index contributed by atoms with van der Waals surface area (Å²) < 4.78 is 42.0. The van der Waals surface area contributed by atoms with Crippen molar-refractivity contribution in [2.45, 2.75) is 38.4 Å². The first-order valence-electron chi connectivity index (χ1n) is 6.83. The number of alkyl halides is 3. The zero-order chi connectivity index (χ0) is 14.6. The van der Waals surface area contributed by atoms with Gasteiger partial charge in [-0.1, -0.05) is 13.0 Å². The van der Waals surface area contributed by atoms with E-state index >= 15 is 0 Å². The molecule has 1 aliphatic heterocycles. The van der Waals surface area contributed by atoms with Crippen LogP contribution in [0.4, 0.5) is 13.2 Å². The molecular formula is C14H21F3N2O. The van der Waals surface area contributed by atoms with Crippen LogP contribution in [-0.4, -0.2) is 30.9 Å². The first kappa shape index (κ1) is 15.3. The summed E-state index contributed by atoms with van der Waals surface area (Å²) in [6.07, 6.45) is -2.52. The van der Waals surface area contributed by atoms with Crippen LogP contribution in [0.2, 0.25) is 0 Å². The van der Waals surface area contributed by atoms with Crippen molar-refractivity contribution in [1.29, 1.82) is 0 Å². The number of rotatable bonds is 5. The maximum atomic E-state index is 12.2. The van der Waals surface area contributed by atoms with E-state index in [0.717, 1.165) is 24.1 Å². The van der Waals surface area contributed by atoms with Crippen LogP contribution in [-0.2, 0) is 17.7 Å². The largest absolute Gasteiger partial charge is 0.401 e. The van der Waals surface area contributed by atoms with Gasteiger partial charge in [0, 0.05) is 26.2 Å². The molecule has 1 saturated heterocycles. The Morgan fingerprint density at radius 3 is 2.85 bits per heavy atom. The molecule has 2 rings (SSSR count). The molecule has 20 heavy (non-hydrogen) atoms. The fourth-order valence-corrected chi connectivity index (χ4v) is 2.37. The number of aryl methyl sites for hydroxylation is 1. The number of nitrogens with one attached hydrogen (secondary N) is 1. The van der Waals surface area contributed by atoms with E-state index in [1.54, 1.807) is 0 Å². The molecule has 1 aliphatic rings. The number of aromatic nitrogens is 1. The van der Waals surface area contributed by atoms with Gasteiger partial charge in [-0.25, -0.2) is 0 Å². The second kappa shape index (κ2) is 6.54. The van der Waals surface area contributed by atoms with Gasteiger partial charge in [0.25, 0.3) is 0 Å². The summed E-state index contributed by atoms with van der Waals surface area (Å²) in [5.74, 6) is 0.246. The molecule has 0 aliphatic carbocycles. The maximum Gasteiger partial charge on any atom is 0.401 e. The van der Waals surface area contributed by atoms with Crippen LogP contribution >= 0.6 is 0 Å². The van der Waals surface area contributed by atoms with Gasteiger partial charge in [0.2, 0.25) is 0 Å². The van der Waals surface area contributed by atoms with E-state index in [0.29, 0.717) is 18.9 Å². The van der Waals surface area contributed by atoms with Crippen molar-refractivity contribution in [2.75, 3.05) is 19.8 Å². The first-order chi connectivity index (χ1) is 9.49. The molecule has 2 heterocycles. The highest BCUT2D eigenvalue weighted by Crippen LogP contribution is 2.27. The van der Waals surface area contributed by atoms with E-state index in [-0.39, 0.29) is 13.9 Å². The summed E-state index contributed by atoms with van der Waals surface area (Å²) in [6, 6.07) is 3.93. The quantitative estimate of drug-likeness (QED) is 0.905. The van der Waals surface area contributed by atoms with Crippen LogP contribution in [0, 0.1) is 0 Å². The molecule has 0 radical (unpaired) electrons. The van der Waals surface area contributed by atoms with E-state index in [4.69, 9.17) is 4.74 Å². The van der Waals surface area contributed by atoms with Crippen molar-refractivity contribution in [1.82, 2.24) is 10.3 Å². The zero-order valence-electron chi connectivity index (χ0n) is 11.5. The third-order valence-electron chi connectivity index (χ3n) is 3.42. The monoisotopic (exact) mass is 290 g/mol. The molecule has 0 bridgehead atoms. The summed E-state index contributed by atoms with van der Waals surface area (Å²) in [6.45, 7) is 2.45. The van der Waals surface area contributed by atoms with Crippen molar-refractivity contribution in [3.63, 3.8) is 0 Å². The molecule has 1 atom stereocenters. The summed E-state index contributed by atoms with van der Waals surface area (Å²) in [5, 5.41) is 2.43. The highest BCUT2D eigenvalue weighted by Gasteiger charge is 2.27. The fourth-order valence-electron chi connectivity index (χ4n) is 2.37. The third kappa shape index (κ3) is 4.18. The van der Waals surface area contributed by atoms with Gasteiger partial charge >= 0.3 is 6.18 Å². The van der Waals surface area contributed by atoms with Crippen LogP contribution < -0.4 is 5.32 Å². The van der Waals surface area contributed by atoms with Crippen molar-refractivity contribution < 1.29 is 19.3 Å². The molecule has 0 spiro atoms. The molecule has 6 heteroatoms. The molecule has 0 amide bonds. The van der Waals surface area contributed by atoms with Crippen LogP contribution in [0.3, 0.4) is 0 Å². The van der Waals surface area contributed by atoms with Gasteiger partial charge in [-0.05, 0) is 24.5 Å². The zero-order valence-corrected chi connectivity index (χ0v) is 11.5. The number of ether oxygens (including phenoxy) is 1. The Bertz CT molecular complexity index is 448. The Kier molecular flexibility index (Phi) is 4.99. The highest BCUT2D eigenvalue weighted by atomic mass is 19.4. The molecule has 0 unspecified atom stereocenters. The lowest BCUT2D eigenvalue weighted by atomic mass is 9.96. The SMILES string of the molecule is CCc1ccc([C@H]2CCOC2)c(CNCC(F)(F)F)n1.[HH]. The predicted molar refractivity (Wildman–Crippen MR) is 71.7 cm³/mol. The van der Waals surface area contributed by atoms with E-state index < -0.39 is 12.7 Å². The van der Waals surface area contributed by atoms with Crippen molar-refractivity contribution in [3.05, 3.63) is 29.1 Å². The van der Waals surface area contributed by atoms with Crippen LogP contribution in [0.1, 0.15) is 37.6 Å². The Balaban J connectivity index is 0.00000220. The Hall–Kier alpha value is -1.14. The minimum Gasteiger partial charge on any atom is -0.381 e. The van der Waals surface area contributed by atoms with Crippen LogP contribution in [0.25, 0.3) is 0 Å². The van der Waals surface area contributed by atoms with Gasteiger partial charge in [-0.3, -0.25) is 4.98 Å². The van der Waals surface area contributed by atoms with Gasteiger partial charge < -0.3 is 10.1 Å². The second-order valence-electron chi connectivity index (χ2n) is 4.97. The first-order valence-corrected chi connectivity index (χ1v) is 6.83. The second-order valence-corrected chi connectivity index (χ2v) is 4.97. The molecule has 1 fully saturated rings. The lowest BCUT2D eigenvalue weighted by Gasteiger charge is -2.16. The molecule has 1 aromatic rings. The average molecular weight is 290 g/mol. The number of hydrogen-bond acceptors (Lipinski definition) is 3. The van der Waals surface area contributed by atoms with Crippen LogP contribution in [0.15, 0.2) is 12.1 Å². The minimum absolute atomic E-state index is 0. The summed E-state index contributed by atoms with van der Waals surface area (Å²) in [7, 11) is 0. The average Bonchev–Trinajstić information content (AvgIpc) is 2.91. The van der Waals surface area contributed by atoms with Gasteiger partial charge in [0.15, 0.2) is 0 Å². The van der Waals surface area contributed by atoms with Gasteiger partial charge in [0.1, 0.15) is 0 Å². The van der Waals surface area contributed by atoms with E-state index in [1.807, 2.05) is 19.1 Å². The molecule has 114 valence electrons. The Morgan fingerprint density at radius 1 is 1.45 bits per heavy atom. The summed E-state index contributed by atoms with van der Waals surface area (Å²) in [5.41, 5.74) is 2.62. The molecular weight excluding hydrogens is 269 g/mol. The summed E-state index contributed by atoms with van der Waals surface area (Å²) in [4.78, 5) is 4.47. The van der Waals surface area contributed by atoms with E-state index in [1.165, 1.54) is 0 Å². The van der Waals surface area contributed by atoms with Crippen molar-refractivity contribution in [3.8, 4) is 0 Å². The van der Waals surface area contributed by atoms with E-state index in [2.05, 4.69) is 10.3 Å². The third-order valence-corrected chi connectivity index (χ3v) is 3.42. The molecule has 0 aromatic carbocycles. The van der Waals surface area contributed by atoms with Crippen LogP contribution in [0.5, 0.6) is 0 Å². The van der Waals surface area contributed by atoms with Crippen molar-refractivity contribution >= 4 is 0 Å². The molecule has 1 N–H and O–H groups in total. The Morgan fingerprint density at radius 2 is 2.25 bits per heavy atom. The topological polar surface area (TPSA) is 34.1 Å². The van der Waals surface area contributed by atoms with E-state index in [9.17, 15) is 13.2 Å². The smallest absolute Gasteiger partial charge is 0.381 e. The summed E-state index contributed by atoms with van der Waals surface area (Å²) >= 11 is 0. The van der Waals surface area contributed by atoms with Crippen molar-refractivity contribution in [2.24, 2.45) is 0 Å². The lowest BCUT2D eigenvalue weighted by molar-refractivity contribution is -0.125. The standard InChI is InChI=1S/C14H19F3N2O.H2/c1-2-11-3-4-12(10-5-6-20-8-10)13(19-11)7-18-9-14(15,16)17;/h3-4,10,18H,2,5-9H2,1H3;1H/t10-;/m0./s1. The predicted octanol–water partition coefficient (Wildman–Crippen LogP) is 3.05. The minimum atomic E-state index is -4.20.